The molecule has 0 unspecified atom stereocenters. The van der Waals surface area contributed by atoms with Gasteiger partial charge in [0, 0.05) is 31.2 Å². The summed E-state index contributed by atoms with van der Waals surface area (Å²) >= 11 is 0. The van der Waals surface area contributed by atoms with Crippen molar-refractivity contribution in [3.05, 3.63) is 18.0 Å². The third-order valence-electron chi connectivity index (χ3n) is 3.79. The minimum Gasteiger partial charge on any atom is -0.353 e. The molecule has 112 valence electrons. The van der Waals surface area contributed by atoms with Crippen LogP contribution in [0.3, 0.4) is 0 Å². The lowest BCUT2D eigenvalue weighted by molar-refractivity contribution is -0.121. The van der Waals surface area contributed by atoms with Gasteiger partial charge in [0.05, 0.1) is 12.7 Å². The van der Waals surface area contributed by atoms with Crippen molar-refractivity contribution in [1.29, 1.82) is 0 Å². The highest BCUT2D eigenvalue weighted by Crippen LogP contribution is 2.17. The fraction of sp³-hybridized carbons (Fsp3) is 0.733. The van der Waals surface area contributed by atoms with E-state index in [1.807, 2.05) is 24.0 Å². The van der Waals surface area contributed by atoms with E-state index in [1.165, 1.54) is 18.4 Å². The molecule has 0 aromatic carbocycles. The maximum Gasteiger partial charge on any atom is 0.221 e. The van der Waals surface area contributed by atoms with Gasteiger partial charge in [-0.15, -0.1) is 0 Å². The summed E-state index contributed by atoms with van der Waals surface area (Å²) in [7, 11) is 0. The molecule has 1 aromatic rings. The molecule has 1 aliphatic rings. The number of nitrogens with one attached hydrogen (secondary N) is 2. The fourth-order valence-electron chi connectivity index (χ4n) is 2.71. The average molecular weight is 278 g/mol. The van der Waals surface area contributed by atoms with Crippen molar-refractivity contribution in [3.8, 4) is 0 Å². The first kappa shape index (κ1) is 15.0. The quantitative estimate of drug-likeness (QED) is 0.797. The molecule has 1 fully saturated rings. The van der Waals surface area contributed by atoms with Gasteiger partial charge in [-0.05, 0) is 32.3 Å². The molecule has 2 rings (SSSR count). The molecule has 0 saturated heterocycles. The average Bonchev–Trinajstić information content (AvgIpc) is 3.01. The maximum atomic E-state index is 11.8. The Bertz CT molecular complexity index is 423. The van der Waals surface area contributed by atoms with Crippen molar-refractivity contribution in [2.75, 3.05) is 6.54 Å². The molecule has 0 bridgehead atoms. The molecule has 1 amide bonds. The Hall–Kier alpha value is -1.36. The van der Waals surface area contributed by atoms with Crippen molar-refractivity contribution < 1.29 is 4.79 Å². The zero-order valence-electron chi connectivity index (χ0n) is 12.6. The van der Waals surface area contributed by atoms with Crippen LogP contribution in [-0.4, -0.2) is 34.3 Å². The second-order valence-corrected chi connectivity index (χ2v) is 5.89. The second kappa shape index (κ2) is 7.43. The first-order valence-corrected chi connectivity index (χ1v) is 7.65. The van der Waals surface area contributed by atoms with Gasteiger partial charge >= 0.3 is 0 Å². The second-order valence-electron chi connectivity index (χ2n) is 5.89. The molecule has 1 heterocycles. The van der Waals surface area contributed by atoms with Gasteiger partial charge in [-0.25, -0.2) is 0 Å². The van der Waals surface area contributed by atoms with Gasteiger partial charge < -0.3 is 10.6 Å². The third kappa shape index (κ3) is 4.96. The molecular weight excluding hydrogens is 252 g/mol. The molecule has 0 aliphatic heterocycles. The van der Waals surface area contributed by atoms with E-state index in [2.05, 4.69) is 22.7 Å². The third-order valence-corrected chi connectivity index (χ3v) is 3.79. The fourth-order valence-corrected chi connectivity index (χ4v) is 2.71. The first-order valence-electron chi connectivity index (χ1n) is 7.65. The lowest BCUT2D eigenvalue weighted by atomic mass is 10.2. The first-order chi connectivity index (χ1) is 9.63. The number of aryl methyl sites for hydroxylation is 1. The van der Waals surface area contributed by atoms with Crippen LogP contribution in [0.1, 0.15) is 44.6 Å². The molecule has 1 aromatic heterocycles. The summed E-state index contributed by atoms with van der Waals surface area (Å²) in [4.78, 5) is 11.8. The van der Waals surface area contributed by atoms with E-state index in [-0.39, 0.29) is 5.91 Å². The summed E-state index contributed by atoms with van der Waals surface area (Å²) in [5.41, 5.74) is 1.17. The Labute approximate surface area is 121 Å². The zero-order valence-corrected chi connectivity index (χ0v) is 12.6. The van der Waals surface area contributed by atoms with Crippen LogP contribution in [0.15, 0.2) is 12.4 Å². The lowest BCUT2D eigenvalue weighted by Crippen LogP contribution is -2.37. The zero-order chi connectivity index (χ0) is 14.4. The normalized spacial score (nSPS) is 17.3. The predicted octanol–water partition coefficient (Wildman–Crippen LogP) is 1.62. The topological polar surface area (TPSA) is 59.0 Å². The summed E-state index contributed by atoms with van der Waals surface area (Å²) in [6.07, 6.45) is 9.25. The summed E-state index contributed by atoms with van der Waals surface area (Å²) in [5.74, 6) is 0.173. The molecule has 0 spiro atoms. The molecule has 1 atom stereocenters. The van der Waals surface area contributed by atoms with E-state index in [0.717, 1.165) is 25.9 Å². The number of hydrogen-bond donors (Lipinski definition) is 2. The number of carbonyl (C=O) groups is 1. The standard InChI is InChI=1S/C15H26N4O/c1-12-9-17-19(10-12)11-13(2)16-8-7-15(20)18-14-5-3-4-6-14/h9-10,13-14,16H,3-8,11H2,1-2H3,(H,18,20)/t13-/m1/s1. The van der Waals surface area contributed by atoms with E-state index < -0.39 is 0 Å². The van der Waals surface area contributed by atoms with Crippen molar-refractivity contribution in [1.82, 2.24) is 20.4 Å². The minimum absolute atomic E-state index is 0.173. The van der Waals surface area contributed by atoms with Gasteiger partial charge in [0.25, 0.3) is 0 Å². The Kier molecular flexibility index (Phi) is 5.59. The van der Waals surface area contributed by atoms with E-state index >= 15 is 0 Å². The number of rotatable bonds is 7. The smallest absolute Gasteiger partial charge is 0.221 e. The molecular formula is C15H26N4O. The number of nitrogens with zero attached hydrogens (tertiary/aromatic N) is 2. The molecule has 20 heavy (non-hydrogen) atoms. The maximum absolute atomic E-state index is 11.8. The minimum atomic E-state index is 0.173. The van der Waals surface area contributed by atoms with Gasteiger partial charge in [0.1, 0.15) is 0 Å². The highest BCUT2D eigenvalue weighted by atomic mass is 16.1. The van der Waals surface area contributed by atoms with Gasteiger partial charge in [0.15, 0.2) is 0 Å². The Morgan fingerprint density at radius 3 is 2.90 bits per heavy atom. The molecule has 1 saturated carbocycles. The van der Waals surface area contributed by atoms with Crippen molar-refractivity contribution in [2.45, 2.75) is 64.6 Å². The highest BCUT2D eigenvalue weighted by Gasteiger charge is 2.16. The summed E-state index contributed by atoms with van der Waals surface area (Å²) in [5, 5.41) is 10.7. The van der Waals surface area contributed by atoms with Crippen LogP contribution in [0.2, 0.25) is 0 Å². The molecule has 5 heteroatoms. The van der Waals surface area contributed by atoms with Crippen LogP contribution in [0.5, 0.6) is 0 Å². The van der Waals surface area contributed by atoms with E-state index in [9.17, 15) is 4.79 Å². The highest BCUT2D eigenvalue weighted by molar-refractivity contribution is 5.76. The largest absolute Gasteiger partial charge is 0.353 e. The van der Waals surface area contributed by atoms with E-state index in [4.69, 9.17) is 0 Å². The van der Waals surface area contributed by atoms with E-state index in [1.54, 1.807) is 0 Å². The summed E-state index contributed by atoms with van der Waals surface area (Å²) in [6, 6.07) is 0.737. The van der Waals surface area contributed by atoms with Crippen LogP contribution in [0, 0.1) is 6.92 Å². The number of amides is 1. The van der Waals surface area contributed by atoms with Crippen LogP contribution >= 0.6 is 0 Å². The summed E-state index contributed by atoms with van der Waals surface area (Å²) < 4.78 is 1.94. The predicted molar refractivity (Wildman–Crippen MR) is 79.4 cm³/mol. The lowest BCUT2D eigenvalue weighted by Gasteiger charge is -2.15. The summed E-state index contributed by atoms with van der Waals surface area (Å²) in [6.45, 7) is 5.71. The van der Waals surface area contributed by atoms with Gasteiger partial charge in [-0.2, -0.15) is 5.10 Å². The molecule has 2 N–H and O–H groups in total. The Morgan fingerprint density at radius 2 is 2.25 bits per heavy atom. The number of hydrogen-bond acceptors (Lipinski definition) is 3. The molecule has 1 aliphatic carbocycles. The van der Waals surface area contributed by atoms with Crippen LogP contribution in [0.25, 0.3) is 0 Å². The van der Waals surface area contributed by atoms with Gasteiger partial charge in [0.2, 0.25) is 5.91 Å². The molecule has 5 nitrogen and oxygen atoms in total. The Balaban J connectivity index is 1.58. The number of carbonyl (C=O) groups excluding carboxylic acids is 1. The van der Waals surface area contributed by atoms with E-state index in [0.29, 0.717) is 18.5 Å². The van der Waals surface area contributed by atoms with Crippen LogP contribution in [0.4, 0.5) is 0 Å². The van der Waals surface area contributed by atoms with Crippen molar-refractivity contribution in [2.24, 2.45) is 0 Å². The Morgan fingerprint density at radius 1 is 1.50 bits per heavy atom. The SMILES string of the molecule is Cc1cnn(C[C@@H](C)NCCC(=O)NC2CCCC2)c1. The number of aromatic nitrogens is 2. The molecule has 0 radical (unpaired) electrons. The van der Waals surface area contributed by atoms with Crippen LogP contribution in [-0.2, 0) is 11.3 Å². The van der Waals surface area contributed by atoms with Crippen LogP contribution < -0.4 is 10.6 Å². The van der Waals surface area contributed by atoms with Crippen molar-refractivity contribution in [3.63, 3.8) is 0 Å². The van der Waals surface area contributed by atoms with Crippen molar-refractivity contribution >= 4 is 5.91 Å². The van der Waals surface area contributed by atoms with Gasteiger partial charge in [-0.3, -0.25) is 9.48 Å². The monoisotopic (exact) mass is 278 g/mol. The van der Waals surface area contributed by atoms with Gasteiger partial charge in [-0.1, -0.05) is 12.8 Å².